The third-order valence-electron chi connectivity index (χ3n) is 1.29. The van der Waals surface area contributed by atoms with E-state index in [2.05, 4.69) is 16.0 Å². The number of ether oxygens (including phenoxy) is 1. The summed E-state index contributed by atoms with van der Waals surface area (Å²) < 4.78 is 38.4. The van der Waals surface area contributed by atoms with Crippen molar-refractivity contribution in [3.63, 3.8) is 0 Å². The first-order valence-electron chi connectivity index (χ1n) is 4.02. The molecule has 0 amide bonds. The van der Waals surface area contributed by atoms with Crippen LogP contribution in [0.2, 0.25) is 0 Å². The topological polar surface area (TPSA) is 113 Å². The summed E-state index contributed by atoms with van der Waals surface area (Å²) in [5, 5.41) is 17.3. The minimum absolute atomic E-state index is 0.0495. The van der Waals surface area contributed by atoms with Crippen molar-refractivity contribution in [3.05, 3.63) is 0 Å². The van der Waals surface area contributed by atoms with Crippen LogP contribution in [0.4, 0.5) is 0 Å². The van der Waals surface area contributed by atoms with Gasteiger partial charge >= 0.3 is 96.1 Å². The fourth-order valence-corrected chi connectivity index (χ4v) is 2.27. The number of rotatable bonds is 8. The van der Waals surface area contributed by atoms with Crippen LogP contribution in [0.1, 0.15) is 0 Å². The van der Waals surface area contributed by atoms with E-state index >= 15 is 0 Å². The van der Waals surface area contributed by atoms with Crippen molar-refractivity contribution >= 4 is 12.6 Å². The Bertz CT molecular complexity index is 254. The Morgan fingerprint density at radius 2 is 1.93 bits per heavy atom. The van der Waals surface area contributed by atoms with E-state index in [4.69, 9.17) is 18.7 Å². The summed E-state index contributed by atoms with van der Waals surface area (Å²) in [6, 6.07) is 0. The van der Waals surface area contributed by atoms with Crippen molar-refractivity contribution in [1.82, 2.24) is 0 Å². The van der Waals surface area contributed by atoms with E-state index in [-0.39, 0.29) is 19.0 Å². The van der Waals surface area contributed by atoms with Crippen LogP contribution in [0.3, 0.4) is 0 Å². The van der Waals surface area contributed by atoms with Gasteiger partial charge in [-0.25, -0.2) is 0 Å². The first-order valence-corrected chi connectivity index (χ1v) is 8.01. The summed E-state index contributed by atoms with van der Waals surface area (Å²) in [7, 11) is 0. The third-order valence-corrected chi connectivity index (χ3v) is 2.96. The van der Waals surface area contributed by atoms with Crippen LogP contribution in [0.25, 0.3) is 0 Å². The molecule has 0 aromatic rings. The molecular formula is C6H14MoO7S. The van der Waals surface area contributed by atoms with Crippen molar-refractivity contribution in [2.24, 2.45) is 0 Å². The van der Waals surface area contributed by atoms with E-state index in [0.717, 1.165) is 0 Å². The Balaban J connectivity index is 3.81. The van der Waals surface area contributed by atoms with E-state index in [1.807, 2.05) is 0 Å². The van der Waals surface area contributed by atoms with Crippen LogP contribution in [-0.2, 0) is 31.7 Å². The number of aliphatic hydroxyl groups is 2. The fraction of sp³-hybridized carbons (Fsp3) is 1.00. The molecule has 0 aliphatic rings. The Labute approximate surface area is 96.1 Å². The summed E-state index contributed by atoms with van der Waals surface area (Å²) in [5.74, 6) is 0.0495. The maximum atomic E-state index is 10.4. The van der Waals surface area contributed by atoms with Crippen LogP contribution in [0.5, 0.6) is 0 Å². The van der Waals surface area contributed by atoms with Gasteiger partial charge in [0.2, 0.25) is 0 Å². The second-order valence-electron chi connectivity index (χ2n) is 2.70. The second-order valence-corrected chi connectivity index (χ2v) is 5.64. The molecule has 0 saturated heterocycles. The average molecular weight is 326 g/mol. The summed E-state index contributed by atoms with van der Waals surface area (Å²) in [6.45, 7) is -0.732. The number of thiol groups is 1. The standard InChI is InChI=1S/C6H13O4S.Mo.H2O.2O/c7-1-5(8)2-10-3-6(9)4-11;;;;/h5-8,11H,1-4H2;;1H2;;/q-1;+2;;;/p-1. The zero-order valence-electron chi connectivity index (χ0n) is 7.81. The van der Waals surface area contributed by atoms with Crippen molar-refractivity contribution in [2.45, 2.75) is 12.2 Å². The summed E-state index contributed by atoms with van der Waals surface area (Å²) in [6.07, 6.45) is -1.91. The van der Waals surface area contributed by atoms with Gasteiger partial charge in [-0.2, -0.15) is 0 Å². The summed E-state index contributed by atoms with van der Waals surface area (Å²) >= 11 is -1.76. The van der Waals surface area contributed by atoms with E-state index < -0.39 is 35.6 Å². The molecule has 0 aliphatic carbocycles. The van der Waals surface area contributed by atoms with Crippen molar-refractivity contribution in [2.75, 3.05) is 25.6 Å². The Hall–Kier alpha value is 0.438. The van der Waals surface area contributed by atoms with Crippen LogP contribution >= 0.6 is 12.6 Å². The zero-order chi connectivity index (χ0) is 11.9. The monoisotopic (exact) mass is 328 g/mol. The Morgan fingerprint density at radius 1 is 1.33 bits per heavy atom. The molecule has 2 atom stereocenters. The molecule has 0 spiro atoms. The molecule has 0 fully saturated rings. The van der Waals surface area contributed by atoms with Crippen LogP contribution in [0.15, 0.2) is 0 Å². The fourth-order valence-electron chi connectivity index (χ4n) is 0.671. The van der Waals surface area contributed by atoms with Crippen molar-refractivity contribution in [3.8, 4) is 0 Å². The molecule has 2 unspecified atom stereocenters. The van der Waals surface area contributed by atoms with Gasteiger partial charge in [-0.3, -0.25) is 0 Å². The normalized spacial score (nSPS) is 16.3. The van der Waals surface area contributed by atoms with Crippen LogP contribution in [-0.4, -0.2) is 51.8 Å². The van der Waals surface area contributed by atoms with E-state index in [0.29, 0.717) is 0 Å². The minimum atomic E-state index is -5.56. The molecule has 0 bridgehead atoms. The van der Waals surface area contributed by atoms with Gasteiger partial charge in [-0.15, -0.1) is 0 Å². The van der Waals surface area contributed by atoms with E-state index in [1.54, 1.807) is 0 Å². The second kappa shape index (κ2) is 7.67. The van der Waals surface area contributed by atoms with Gasteiger partial charge in [0.15, 0.2) is 0 Å². The van der Waals surface area contributed by atoms with Gasteiger partial charge < -0.3 is 0 Å². The van der Waals surface area contributed by atoms with Gasteiger partial charge in [0.25, 0.3) is 0 Å². The molecule has 7 nitrogen and oxygen atoms in total. The number of aliphatic hydroxyl groups excluding tert-OH is 2. The molecule has 0 heterocycles. The first-order chi connectivity index (χ1) is 6.89. The van der Waals surface area contributed by atoms with Gasteiger partial charge in [-0.05, 0) is 0 Å². The van der Waals surface area contributed by atoms with E-state index in [9.17, 15) is 6.80 Å². The molecule has 0 rings (SSSR count). The van der Waals surface area contributed by atoms with Crippen molar-refractivity contribution in [1.29, 1.82) is 0 Å². The predicted molar refractivity (Wildman–Crippen MR) is 46.2 cm³/mol. The molecule has 0 aromatic carbocycles. The van der Waals surface area contributed by atoms with Gasteiger partial charge in [-0.1, -0.05) is 0 Å². The molecular weight excluding hydrogens is 312 g/mol. The summed E-state index contributed by atoms with van der Waals surface area (Å²) in [5.41, 5.74) is 0. The maximum absolute atomic E-state index is 10.4. The molecule has 0 aromatic heterocycles. The molecule has 15 heavy (non-hydrogen) atoms. The molecule has 0 saturated carbocycles. The Kier molecular flexibility index (Phi) is 7.89. The molecule has 3 N–H and O–H groups in total. The molecule has 0 aliphatic heterocycles. The Morgan fingerprint density at radius 3 is 2.33 bits per heavy atom. The zero-order valence-corrected chi connectivity index (χ0v) is 10.7. The SMILES string of the molecule is [O]=[Mo](=[O])([OH])[O]C(CS)COCC(O)CO. The van der Waals surface area contributed by atoms with Gasteiger partial charge in [0.1, 0.15) is 0 Å². The van der Waals surface area contributed by atoms with Crippen LogP contribution < -0.4 is 0 Å². The first kappa shape index (κ1) is 15.4. The molecule has 0 radical (unpaired) electrons. The molecule has 92 valence electrons. The van der Waals surface area contributed by atoms with Gasteiger partial charge in [0, 0.05) is 0 Å². The van der Waals surface area contributed by atoms with E-state index in [1.165, 1.54) is 0 Å². The number of hydrogen-bond donors (Lipinski definition) is 4. The van der Waals surface area contributed by atoms with Crippen molar-refractivity contribution < 1.29 is 45.6 Å². The predicted octanol–water partition coefficient (Wildman–Crippen LogP) is -1.66. The quantitative estimate of drug-likeness (QED) is 0.312. The molecule has 9 heteroatoms. The average Bonchev–Trinajstić information content (AvgIpc) is 2.14. The third kappa shape index (κ3) is 9.37. The van der Waals surface area contributed by atoms with Crippen LogP contribution in [0, 0.1) is 0 Å². The summed E-state index contributed by atoms with van der Waals surface area (Å²) in [4.78, 5) is 0. The van der Waals surface area contributed by atoms with Gasteiger partial charge in [0.05, 0.1) is 0 Å². The number of hydrogen-bond acceptors (Lipinski definition) is 7.